The number of carbonyl (C=O) groups is 3. The first-order valence-electron chi connectivity index (χ1n) is 20.5. The maximum atomic E-state index is 14.5. The smallest absolute Gasteiger partial charge is 0.309 e. The van der Waals surface area contributed by atoms with E-state index in [0.29, 0.717) is 58.7 Å². The summed E-state index contributed by atoms with van der Waals surface area (Å²) >= 11 is 0. The Morgan fingerprint density at radius 1 is 1.06 bits per heavy atom. The van der Waals surface area contributed by atoms with Crippen molar-refractivity contribution < 1.29 is 28.6 Å². The third-order valence-corrected chi connectivity index (χ3v) is 18.4. The zero-order valence-corrected chi connectivity index (χ0v) is 35.0. The minimum Gasteiger partial charge on any atom is -0.481 e. The fourth-order valence-corrected chi connectivity index (χ4v) is 16.6. The molecule has 53 heavy (non-hydrogen) atoms. The Morgan fingerprint density at radius 2 is 1.70 bits per heavy atom. The Kier molecular flexibility index (Phi) is 12.4. The van der Waals surface area contributed by atoms with Gasteiger partial charge in [-0.2, -0.15) is 0 Å². The number of ether oxygens (including phenoxy) is 1. The molecule has 0 spiro atoms. The number of halogens is 1. The highest BCUT2D eigenvalue weighted by atomic mass is 31.1. The van der Waals surface area contributed by atoms with E-state index in [9.17, 15) is 18.8 Å². The number of hydrazone groups is 1. The number of fused-ring (bicyclic) bond motifs is 7. The van der Waals surface area contributed by atoms with Crippen molar-refractivity contribution in [1.29, 1.82) is 0 Å². The van der Waals surface area contributed by atoms with Crippen molar-refractivity contribution in [2.45, 2.75) is 156 Å². The number of carboxylic acids is 1. The van der Waals surface area contributed by atoms with Crippen LogP contribution >= 0.6 is 7.92 Å². The summed E-state index contributed by atoms with van der Waals surface area (Å²) in [4.78, 5) is 35.2. The third-order valence-electron chi connectivity index (χ3n) is 14.1. The lowest BCUT2D eigenvalue weighted by Gasteiger charge is -2.64. The standard InChI is InChI=1S/C34H46FN2O2P.C8H14O3.C2H6/c1-20(2)29-27(38)18-34(19-28-36-37-31(39-28)23-8-6-7-9-26(23)35)16-12-25-22(30(29)34)13-17-40-32(4)14-10-21(3)24(32)11-15-33(25,40)5;1-4-6(9)5-8(2,3)7(10)11;1-2/h6-9,20-22,24-25,31,37H,10-19H2,1-5H3;4-5H2,1-3H3,(H,10,11);1-2H3. The minimum atomic E-state index is -0.917. The molecule has 2 saturated carbocycles. The quantitative estimate of drug-likeness (QED) is 0.256. The summed E-state index contributed by atoms with van der Waals surface area (Å²) < 4.78 is 20.7. The average molecular weight is 753 g/mol. The molecule has 3 aliphatic heterocycles. The largest absolute Gasteiger partial charge is 0.481 e. The number of ketones is 2. The molecule has 0 radical (unpaired) electrons. The van der Waals surface area contributed by atoms with E-state index in [1.807, 2.05) is 19.9 Å². The molecule has 7 rings (SSSR count). The van der Waals surface area contributed by atoms with E-state index in [1.165, 1.54) is 56.3 Å². The van der Waals surface area contributed by atoms with Gasteiger partial charge in [-0.25, -0.2) is 4.39 Å². The Labute approximate surface area is 319 Å². The number of benzene rings is 1. The summed E-state index contributed by atoms with van der Waals surface area (Å²) in [6.45, 7) is 21.1. The van der Waals surface area contributed by atoms with Gasteiger partial charge in [-0.3, -0.25) is 19.8 Å². The van der Waals surface area contributed by atoms with Gasteiger partial charge in [0.25, 0.3) is 0 Å². The van der Waals surface area contributed by atoms with Crippen LogP contribution in [-0.2, 0) is 19.1 Å². The van der Waals surface area contributed by atoms with Crippen LogP contribution in [0, 0.1) is 46.2 Å². The SMILES string of the molecule is CC.CC(C)C1=C2C3CCP4C5(C)CCC(C)C5CCC4(C)C3CCC2(CC2=NNC(c3ccccc3F)O2)CC1=O.CCC(=O)CC(C)(C)C(=O)O. The second-order valence-corrected chi connectivity index (χ2v) is 21.4. The molecule has 7 nitrogen and oxygen atoms in total. The van der Waals surface area contributed by atoms with Crippen molar-refractivity contribution in [1.82, 2.24) is 5.43 Å². The van der Waals surface area contributed by atoms with Crippen LogP contribution in [0.1, 0.15) is 152 Å². The Bertz CT molecular complexity index is 1620. The summed E-state index contributed by atoms with van der Waals surface area (Å²) in [6.07, 6.45) is 11.6. The summed E-state index contributed by atoms with van der Waals surface area (Å²) in [6, 6.07) is 6.73. The number of carbonyl (C=O) groups excluding carboxylic acids is 2. The van der Waals surface area contributed by atoms with E-state index in [2.05, 4.69) is 45.1 Å². The van der Waals surface area contributed by atoms with Gasteiger partial charge >= 0.3 is 5.97 Å². The van der Waals surface area contributed by atoms with E-state index in [-0.39, 0.29) is 37.3 Å². The lowest BCUT2D eigenvalue weighted by molar-refractivity contribution is -0.149. The van der Waals surface area contributed by atoms with Crippen molar-refractivity contribution in [3.63, 3.8) is 0 Å². The number of allylic oxidation sites excluding steroid dienone is 2. The highest BCUT2D eigenvalue weighted by Gasteiger charge is 2.65. The van der Waals surface area contributed by atoms with Crippen molar-refractivity contribution in [2.24, 2.45) is 45.5 Å². The summed E-state index contributed by atoms with van der Waals surface area (Å²) in [5.41, 5.74) is 4.99. The number of hydrogen-bond donors (Lipinski definition) is 2. The lowest BCUT2D eigenvalue weighted by Crippen LogP contribution is -2.55. The Hall–Kier alpha value is -2.60. The van der Waals surface area contributed by atoms with Gasteiger partial charge in [0.05, 0.1) is 11.0 Å². The van der Waals surface area contributed by atoms with Crippen molar-refractivity contribution in [3.05, 3.63) is 46.8 Å². The fourth-order valence-electron chi connectivity index (χ4n) is 11.5. The van der Waals surface area contributed by atoms with Gasteiger partial charge in [-0.15, -0.1) is 5.10 Å². The molecule has 4 fully saturated rings. The van der Waals surface area contributed by atoms with Gasteiger partial charge in [0.1, 0.15) is 11.6 Å². The number of nitrogens with one attached hydrogen (secondary N) is 1. The first-order valence-corrected chi connectivity index (χ1v) is 22.0. The molecule has 3 heterocycles. The van der Waals surface area contributed by atoms with Crippen LogP contribution < -0.4 is 5.43 Å². The second kappa shape index (κ2) is 15.9. The highest BCUT2D eigenvalue weighted by Crippen LogP contribution is 2.79. The number of carboxylic acid groups (broad SMARTS) is 1. The normalized spacial score (nSPS) is 35.6. The Balaban J connectivity index is 0.000000361. The van der Waals surface area contributed by atoms with Gasteiger partial charge in [0, 0.05) is 31.1 Å². The number of Topliss-reactive ketones (excluding diaryl/α,β-unsaturated/α-hetero) is 2. The van der Waals surface area contributed by atoms with E-state index >= 15 is 0 Å². The summed E-state index contributed by atoms with van der Waals surface area (Å²) in [5.74, 6) is 2.97. The summed E-state index contributed by atoms with van der Waals surface area (Å²) in [5, 5.41) is 14.2. The highest BCUT2D eigenvalue weighted by molar-refractivity contribution is 7.61. The van der Waals surface area contributed by atoms with Gasteiger partial charge < -0.3 is 9.84 Å². The van der Waals surface area contributed by atoms with Gasteiger partial charge in [-0.05, 0) is 116 Å². The van der Waals surface area contributed by atoms with Crippen molar-refractivity contribution in [2.75, 3.05) is 6.16 Å². The molecule has 2 N–H and O–H groups in total. The van der Waals surface area contributed by atoms with Crippen LogP contribution in [0.15, 0.2) is 40.5 Å². The third kappa shape index (κ3) is 7.53. The van der Waals surface area contributed by atoms with Crippen LogP contribution in [-0.4, -0.2) is 45.0 Å². The van der Waals surface area contributed by atoms with Gasteiger partial charge in [-0.1, -0.05) is 87.1 Å². The molecule has 0 aromatic heterocycles. The Morgan fingerprint density at radius 3 is 2.34 bits per heavy atom. The van der Waals surface area contributed by atoms with E-state index < -0.39 is 17.6 Å². The number of hydrogen-bond acceptors (Lipinski definition) is 6. The number of aliphatic carboxylic acids is 1. The summed E-state index contributed by atoms with van der Waals surface area (Å²) in [7, 11) is -0.0454. The molecule has 3 aliphatic carbocycles. The van der Waals surface area contributed by atoms with Crippen molar-refractivity contribution >= 4 is 31.4 Å². The zero-order chi connectivity index (χ0) is 39.1. The maximum absolute atomic E-state index is 14.5. The first-order chi connectivity index (χ1) is 25.0. The minimum absolute atomic E-state index is 0.00241. The predicted molar refractivity (Wildman–Crippen MR) is 213 cm³/mol. The van der Waals surface area contributed by atoms with Crippen molar-refractivity contribution in [3.8, 4) is 0 Å². The molecule has 2 saturated heterocycles. The molecular weight excluding hydrogens is 686 g/mol. The van der Waals surface area contributed by atoms with Gasteiger partial charge in [0.15, 0.2) is 5.78 Å². The maximum Gasteiger partial charge on any atom is 0.309 e. The molecule has 294 valence electrons. The number of nitrogens with zero attached hydrogens (tertiary/aromatic N) is 1. The molecule has 1 aromatic carbocycles. The van der Waals surface area contributed by atoms with Gasteiger partial charge in [0.2, 0.25) is 12.1 Å². The first kappa shape index (κ1) is 41.6. The fraction of sp³-hybridized carbons (Fsp3) is 0.727. The molecular formula is C44H66FN2O5P. The molecule has 0 amide bonds. The molecule has 9 heteroatoms. The topological polar surface area (TPSA) is 105 Å². The average Bonchev–Trinajstić information content (AvgIpc) is 3.78. The van der Waals surface area contributed by atoms with Crippen LogP contribution in [0.5, 0.6) is 0 Å². The lowest BCUT2D eigenvalue weighted by atomic mass is 9.56. The van der Waals surface area contributed by atoms with Crippen LogP contribution in [0.4, 0.5) is 4.39 Å². The molecule has 0 bridgehead atoms. The van der Waals surface area contributed by atoms with E-state index in [1.54, 1.807) is 32.9 Å². The molecule has 9 unspecified atom stereocenters. The van der Waals surface area contributed by atoms with Crippen LogP contribution in [0.3, 0.4) is 0 Å². The van der Waals surface area contributed by atoms with Crippen LogP contribution in [0.25, 0.3) is 0 Å². The second-order valence-electron chi connectivity index (χ2n) is 18.0. The van der Waals surface area contributed by atoms with E-state index in [0.717, 1.165) is 23.8 Å². The van der Waals surface area contributed by atoms with E-state index in [4.69, 9.17) is 9.84 Å². The van der Waals surface area contributed by atoms with Crippen LogP contribution in [0.2, 0.25) is 0 Å². The molecule has 9 atom stereocenters. The number of rotatable bonds is 8. The predicted octanol–water partition coefficient (Wildman–Crippen LogP) is 10.8. The monoisotopic (exact) mass is 752 g/mol. The molecule has 1 aromatic rings. The zero-order valence-electron chi connectivity index (χ0n) is 34.1. The molecule has 6 aliphatic rings.